The maximum Gasteiger partial charge on any atom is 0.240 e. The number of rotatable bonds is 6. The first kappa shape index (κ1) is 16.5. The van der Waals surface area contributed by atoms with Crippen LogP contribution in [-0.2, 0) is 16.4 Å². The van der Waals surface area contributed by atoms with E-state index in [2.05, 4.69) is 9.71 Å². The summed E-state index contributed by atoms with van der Waals surface area (Å²) in [5.74, 6) is 0.665. The first-order valence-corrected chi connectivity index (χ1v) is 9.05. The Morgan fingerprint density at radius 3 is 2.79 bits per heavy atom. The van der Waals surface area contributed by atoms with Crippen molar-refractivity contribution in [2.24, 2.45) is 0 Å². The molecule has 0 unspecified atom stereocenters. The van der Waals surface area contributed by atoms with Crippen molar-refractivity contribution in [3.05, 3.63) is 60.0 Å². The van der Waals surface area contributed by atoms with Crippen LogP contribution in [0.25, 0.3) is 5.65 Å². The Labute approximate surface area is 141 Å². The number of nitrogens with zero attached hydrogens (tertiary/aromatic N) is 2. The normalized spacial score (nSPS) is 11.8. The quantitative estimate of drug-likeness (QED) is 0.743. The second-order valence-corrected chi connectivity index (χ2v) is 7.24. The second-order valence-electron chi connectivity index (χ2n) is 5.48. The van der Waals surface area contributed by atoms with E-state index in [1.165, 1.54) is 0 Å². The Morgan fingerprint density at radius 2 is 2.08 bits per heavy atom. The zero-order valence-electron chi connectivity index (χ0n) is 13.6. The molecule has 3 aromatic rings. The largest absolute Gasteiger partial charge is 0.496 e. The van der Waals surface area contributed by atoms with E-state index >= 15 is 0 Å². The van der Waals surface area contributed by atoms with E-state index in [4.69, 9.17) is 4.74 Å². The number of methoxy groups -OCH3 is 1. The van der Waals surface area contributed by atoms with E-state index in [0.717, 1.165) is 16.9 Å². The minimum atomic E-state index is -3.55. The molecule has 0 fully saturated rings. The molecule has 0 spiro atoms. The third-order valence-electron chi connectivity index (χ3n) is 3.76. The molecule has 0 atom stereocenters. The van der Waals surface area contributed by atoms with Crippen molar-refractivity contribution >= 4 is 15.7 Å². The van der Waals surface area contributed by atoms with Crippen molar-refractivity contribution in [1.29, 1.82) is 0 Å². The third-order valence-corrected chi connectivity index (χ3v) is 5.22. The van der Waals surface area contributed by atoms with Gasteiger partial charge in [0.2, 0.25) is 10.0 Å². The number of ether oxygens (including phenoxy) is 1. The number of hydrogen-bond acceptors (Lipinski definition) is 4. The molecule has 2 heterocycles. The van der Waals surface area contributed by atoms with Gasteiger partial charge >= 0.3 is 0 Å². The van der Waals surface area contributed by atoms with Crippen molar-refractivity contribution in [2.75, 3.05) is 13.7 Å². The number of pyridine rings is 1. The minimum Gasteiger partial charge on any atom is -0.496 e. The highest BCUT2D eigenvalue weighted by Crippen LogP contribution is 2.21. The number of hydrogen-bond donors (Lipinski definition) is 1. The number of imidazole rings is 1. The van der Waals surface area contributed by atoms with Gasteiger partial charge in [0.05, 0.1) is 17.7 Å². The molecule has 0 aliphatic carbocycles. The fourth-order valence-corrected chi connectivity index (χ4v) is 3.64. The van der Waals surface area contributed by atoms with Crippen LogP contribution >= 0.6 is 0 Å². The predicted octanol–water partition coefficient (Wildman–Crippen LogP) is 2.17. The smallest absolute Gasteiger partial charge is 0.240 e. The van der Waals surface area contributed by atoms with Crippen LogP contribution in [0.15, 0.2) is 53.7 Å². The van der Waals surface area contributed by atoms with Gasteiger partial charge in [-0.2, -0.15) is 0 Å². The summed E-state index contributed by atoms with van der Waals surface area (Å²) in [5, 5.41) is 0. The van der Waals surface area contributed by atoms with E-state index in [0.29, 0.717) is 12.2 Å². The predicted molar refractivity (Wildman–Crippen MR) is 91.8 cm³/mol. The van der Waals surface area contributed by atoms with Crippen LogP contribution in [0, 0.1) is 6.92 Å². The van der Waals surface area contributed by atoms with Crippen molar-refractivity contribution in [2.45, 2.75) is 18.2 Å². The number of sulfonamides is 1. The number of benzene rings is 1. The number of aryl methyl sites for hydroxylation is 1. The lowest BCUT2D eigenvalue weighted by Crippen LogP contribution is -2.26. The van der Waals surface area contributed by atoms with Gasteiger partial charge in [0.1, 0.15) is 11.4 Å². The molecule has 1 aromatic carbocycles. The number of aromatic nitrogens is 2. The molecule has 2 aromatic heterocycles. The van der Waals surface area contributed by atoms with E-state index in [9.17, 15) is 8.42 Å². The Kier molecular flexibility index (Phi) is 4.55. The third kappa shape index (κ3) is 3.42. The van der Waals surface area contributed by atoms with Gasteiger partial charge in [-0.15, -0.1) is 0 Å². The average Bonchev–Trinajstić information content (AvgIpc) is 2.97. The molecule has 0 aliphatic rings. The Bertz CT molecular complexity index is 931. The lowest BCUT2D eigenvalue weighted by atomic mass is 10.2. The molecule has 0 radical (unpaired) electrons. The van der Waals surface area contributed by atoms with Gasteiger partial charge in [-0.3, -0.25) is 0 Å². The summed E-state index contributed by atoms with van der Waals surface area (Å²) in [6.45, 7) is 2.10. The van der Waals surface area contributed by atoms with Crippen LogP contribution in [0.3, 0.4) is 0 Å². The monoisotopic (exact) mass is 345 g/mol. The van der Waals surface area contributed by atoms with E-state index < -0.39 is 10.0 Å². The van der Waals surface area contributed by atoms with Gasteiger partial charge < -0.3 is 9.14 Å². The molecule has 0 amide bonds. The molecule has 3 rings (SSSR count). The summed E-state index contributed by atoms with van der Waals surface area (Å²) in [5.41, 5.74) is 2.47. The summed E-state index contributed by atoms with van der Waals surface area (Å²) in [6, 6.07) is 10.6. The van der Waals surface area contributed by atoms with Crippen LogP contribution in [0.1, 0.15) is 11.3 Å². The highest BCUT2D eigenvalue weighted by Gasteiger charge is 2.15. The van der Waals surface area contributed by atoms with E-state index in [1.54, 1.807) is 25.3 Å². The molecule has 0 saturated heterocycles. The Hall–Kier alpha value is -2.38. The van der Waals surface area contributed by atoms with Gasteiger partial charge in [-0.1, -0.05) is 6.07 Å². The molecular formula is C17H19N3O3S. The maximum atomic E-state index is 12.4. The standard InChI is InChI=1S/C17H19N3O3S/c1-13-11-15(6-7-16(13)23-2)24(21,22)18-9-8-14-12-20-10-4-3-5-17(20)19-14/h3-7,10-12,18H,8-9H2,1-2H3. The van der Waals surface area contributed by atoms with Crippen molar-refractivity contribution in [3.63, 3.8) is 0 Å². The highest BCUT2D eigenvalue weighted by molar-refractivity contribution is 7.89. The molecule has 126 valence electrons. The van der Waals surface area contributed by atoms with Crippen LogP contribution in [0.4, 0.5) is 0 Å². The molecule has 1 N–H and O–H groups in total. The van der Waals surface area contributed by atoms with Gasteiger partial charge in [0.25, 0.3) is 0 Å². The van der Waals surface area contributed by atoms with Crippen LogP contribution in [-0.4, -0.2) is 31.5 Å². The molecule has 6 nitrogen and oxygen atoms in total. The lowest BCUT2D eigenvalue weighted by Gasteiger charge is -2.09. The maximum absolute atomic E-state index is 12.4. The van der Waals surface area contributed by atoms with Crippen molar-refractivity contribution < 1.29 is 13.2 Å². The summed E-state index contributed by atoms with van der Waals surface area (Å²) < 4.78 is 34.4. The van der Waals surface area contributed by atoms with Gasteiger partial charge in [0.15, 0.2) is 0 Å². The molecule has 0 saturated carbocycles. The van der Waals surface area contributed by atoms with E-state index in [1.807, 2.05) is 41.9 Å². The van der Waals surface area contributed by atoms with Gasteiger partial charge in [-0.25, -0.2) is 18.1 Å². The van der Waals surface area contributed by atoms with Crippen LogP contribution < -0.4 is 9.46 Å². The lowest BCUT2D eigenvalue weighted by molar-refractivity contribution is 0.411. The molecular weight excluding hydrogens is 326 g/mol. The summed E-state index contributed by atoms with van der Waals surface area (Å²) in [6.07, 6.45) is 4.34. The van der Waals surface area contributed by atoms with Crippen LogP contribution in [0.5, 0.6) is 5.75 Å². The highest BCUT2D eigenvalue weighted by atomic mass is 32.2. The zero-order valence-corrected chi connectivity index (χ0v) is 14.4. The SMILES string of the molecule is COc1ccc(S(=O)(=O)NCCc2cn3ccccc3n2)cc1C. The summed E-state index contributed by atoms with van der Waals surface area (Å²) in [4.78, 5) is 4.69. The molecule has 24 heavy (non-hydrogen) atoms. The zero-order chi connectivity index (χ0) is 17.2. The second kappa shape index (κ2) is 6.62. The summed E-state index contributed by atoms with van der Waals surface area (Å²) >= 11 is 0. The first-order chi connectivity index (χ1) is 11.5. The number of nitrogens with one attached hydrogen (secondary N) is 1. The molecule has 0 aliphatic heterocycles. The fourth-order valence-electron chi connectivity index (χ4n) is 2.52. The van der Waals surface area contributed by atoms with Gasteiger partial charge in [0, 0.05) is 25.4 Å². The Balaban J connectivity index is 1.67. The Morgan fingerprint density at radius 1 is 1.25 bits per heavy atom. The number of fused-ring (bicyclic) bond motifs is 1. The molecule has 0 bridgehead atoms. The van der Waals surface area contributed by atoms with Gasteiger partial charge in [-0.05, 0) is 42.8 Å². The minimum absolute atomic E-state index is 0.232. The van der Waals surface area contributed by atoms with Crippen LogP contribution in [0.2, 0.25) is 0 Å². The molecule has 7 heteroatoms. The fraction of sp³-hybridized carbons (Fsp3) is 0.235. The average molecular weight is 345 g/mol. The van der Waals surface area contributed by atoms with Crippen molar-refractivity contribution in [3.8, 4) is 5.75 Å². The van der Waals surface area contributed by atoms with Crippen molar-refractivity contribution in [1.82, 2.24) is 14.1 Å². The first-order valence-electron chi connectivity index (χ1n) is 7.56. The topological polar surface area (TPSA) is 72.7 Å². The van der Waals surface area contributed by atoms with E-state index in [-0.39, 0.29) is 11.4 Å². The summed E-state index contributed by atoms with van der Waals surface area (Å²) in [7, 11) is -1.99.